The monoisotopic (exact) mass is 251 g/mol. The molecule has 17 heavy (non-hydrogen) atoms. The summed E-state index contributed by atoms with van der Waals surface area (Å²) in [6.45, 7) is 3.58. The van der Waals surface area contributed by atoms with Crippen LogP contribution in [0.3, 0.4) is 0 Å². The van der Waals surface area contributed by atoms with Crippen molar-refractivity contribution < 1.29 is 9.50 Å². The van der Waals surface area contributed by atoms with Crippen LogP contribution >= 0.6 is 11.3 Å². The van der Waals surface area contributed by atoms with Gasteiger partial charge in [0.25, 0.3) is 0 Å². The van der Waals surface area contributed by atoms with Gasteiger partial charge in [-0.25, -0.2) is 9.37 Å². The van der Waals surface area contributed by atoms with Crippen LogP contribution in [0.25, 0.3) is 0 Å². The van der Waals surface area contributed by atoms with Gasteiger partial charge in [0.2, 0.25) is 0 Å². The molecule has 1 aromatic heterocycles. The van der Waals surface area contributed by atoms with Crippen molar-refractivity contribution in [3.63, 3.8) is 0 Å². The van der Waals surface area contributed by atoms with E-state index in [1.54, 1.807) is 19.1 Å². The molecule has 1 unspecified atom stereocenters. The van der Waals surface area contributed by atoms with E-state index in [4.69, 9.17) is 0 Å². The molecule has 1 N–H and O–H groups in total. The lowest BCUT2D eigenvalue weighted by atomic mass is 10.1. The molecule has 2 aromatic rings. The quantitative estimate of drug-likeness (QED) is 0.908. The molecule has 2 nitrogen and oxygen atoms in total. The molecule has 0 bridgehead atoms. The van der Waals surface area contributed by atoms with Crippen LogP contribution in [0.5, 0.6) is 0 Å². The number of aryl methyl sites for hydroxylation is 1. The number of benzene rings is 1. The molecule has 1 heterocycles. The van der Waals surface area contributed by atoms with E-state index in [-0.39, 0.29) is 5.82 Å². The summed E-state index contributed by atoms with van der Waals surface area (Å²) in [7, 11) is 0. The molecule has 0 aliphatic heterocycles. The fraction of sp³-hybridized carbons (Fsp3) is 0.308. The molecule has 0 amide bonds. The Morgan fingerprint density at radius 3 is 2.71 bits per heavy atom. The molecule has 2 rings (SSSR count). The Labute approximate surface area is 104 Å². The molecule has 0 saturated carbocycles. The maximum Gasteiger partial charge on any atom is 0.126 e. The van der Waals surface area contributed by atoms with Crippen LogP contribution in [0.1, 0.15) is 34.2 Å². The van der Waals surface area contributed by atoms with E-state index in [0.29, 0.717) is 12.0 Å². The number of aliphatic hydroxyl groups excluding tert-OH is 1. The standard InChI is InChI=1S/C13H14FNOS/c1-8-13(9(2)16)17-12(15-8)7-10-5-3-4-6-11(10)14/h3-6,9,16H,7H2,1-2H3. The molecule has 0 aliphatic rings. The number of thiazole rings is 1. The Kier molecular flexibility index (Phi) is 3.54. The van der Waals surface area contributed by atoms with E-state index in [2.05, 4.69) is 4.98 Å². The predicted octanol–water partition coefficient (Wildman–Crippen LogP) is 3.23. The van der Waals surface area contributed by atoms with Crippen molar-refractivity contribution in [2.45, 2.75) is 26.4 Å². The predicted molar refractivity (Wildman–Crippen MR) is 66.7 cm³/mol. The first kappa shape index (κ1) is 12.2. The molecular weight excluding hydrogens is 237 g/mol. The Balaban J connectivity index is 2.25. The Bertz CT molecular complexity index is 522. The van der Waals surface area contributed by atoms with Crippen molar-refractivity contribution >= 4 is 11.3 Å². The van der Waals surface area contributed by atoms with Crippen molar-refractivity contribution in [2.24, 2.45) is 0 Å². The second-order valence-corrected chi connectivity index (χ2v) is 5.12. The fourth-order valence-electron chi connectivity index (χ4n) is 1.73. The van der Waals surface area contributed by atoms with Gasteiger partial charge in [0.15, 0.2) is 0 Å². The molecule has 90 valence electrons. The van der Waals surface area contributed by atoms with Crippen LogP contribution in [0.2, 0.25) is 0 Å². The number of hydrogen-bond donors (Lipinski definition) is 1. The van der Waals surface area contributed by atoms with Crippen molar-refractivity contribution in [1.82, 2.24) is 4.98 Å². The maximum absolute atomic E-state index is 13.5. The summed E-state index contributed by atoms with van der Waals surface area (Å²) in [5, 5.41) is 10.4. The number of nitrogens with zero attached hydrogens (tertiary/aromatic N) is 1. The lowest BCUT2D eigenvalue weighted by Gasteiger charge is -1.99. The summed E-state index contributed by atoms with van der Waals surface area (Å²) in [5.41, 5.74) is 1.47. The summed E-state index contributed by atoms with van der Waals surface area (Å²) >= 11 is 1.44. The highest BCUT2D eigenvalue weighted by atomic mass is 32.1. The van der Waals surface area contributed by atoms with Crippen LogP contribution < -0.4 is 0 Å². The van der Waals surface area contributed by atoms with Gasteiger partial charge in [0.05, 0.1) is 21.7 Å². The largest absolute Gasteiger partial charge is 0.388 e. The number of aliphatic hydroxyl groups is 1. The highest BCUT2D eigenvalue weighted by Crippen LogP contribution is 2.26. The second-order valence-electron chi connectivity index (χ2n) is 4.00. The Morgan fingerprint density at radius 1 is 1.41 bits per heavy atom. The number of rotatable bonds is 3. The summed E-state index contributed by atoms with van der Waals surface area (Å²) in [6, 6.07) is 6.70. The van der Waals surface area contributed by atoms with Crippen molar-refractivity contribution in [3.8, 4) is 0 Å². The first-order chi connectivity index (χ1) is 8.08. The average molecular weight is 251 g/mol. The van der Waals surface area contributed by atoms with Crippen LogP contribution in [-0.2, 0) is 6.42 Å². The lowest BCUT2D eigenvalue weighted by Crippen LogP contribution is -1.91. The normalized spacial score (nSPS) is 12.7. The van der Waals surface area contributed by atoms with E-state index >= 15 is 0 Å². The van der Waals surface area contributed by atoms with E-state index in [1.165, 1.54) is 17.4 Å². The van der Waals surface area contributed by atoms with E-state index in [9.17, 15) is 9.50 Å². The summed E-state index contributed by atoms with van der Waals surface area (Å²) < 4.78 is 13.5. The zero-order chi connectivity index (χ0) is 12.4. The molecule has 0 saturated heterocycles. The number of aromatic nitrogens is 1. The topological polar surface area (TPSA) is 33.1 Å². The van der Waals surface area contributed by atoms with Gasteiger partial charge in [-0.2, -0.15) is 0 Å². The maximum atomic E-state index is 13.5. The van der Waals surface area contributed by atoms with Gasteiger partial charge < -0.3 is 5.11 Å². The fourth-order valence-corrected chi connectivity index (χ4v) is 2.76. The van der Waals surface area contributed by atoms with Crippen molar-refractivity contribution in [3.05, 3.63) is 51.2 Å². The first-order valence-electron chi connectivity index (χ1n) is 5.45. The van der Waals surface area contributed by atoms with Gasteiger partial charge in [-0.05, 0) is 25.5 Å². The van der Waals surface area contributed by atoms with Gasteiger partial charge in [0.1, 0.15) is 5.82 Å². The lowest BCUT2D eigenvalue weighted by molar-refractivity contribution is 0.202. The minimum absolute atomic E-state index is 0.209. The minimum atomic E-state index is -0.512. The number of hydrogen-bond acceptors (Lipinski definition) is 3. The van der Waals surface area contributed by atoms with Gasteiger partial charge in [-0.1, -0.05) is 18.2 Å². The SMILES string of the molecule is Cc1nc(Cc2ccccc2F)sc1C(C)O. The van der Waals surface area contributed by atoms with Crippen LogP contribution in [0.15, 0.2) is 24.3 Å². The summed E-state index contributed by atoms with van der Waals surface area (Å²) in [4.78, 5) is 5.22. The zero-order valence-electron chi connectivity index (χ0n) is 9.77. The average Bonchev–Trinajstić information content (AvgIpc) is 2.63. The summed E-state index contributed by atoms with van der Waals surface area (Å²) in [5.74, 6) is -0.209. The highest BCUT2D eigenvalue weighted by Gasteiger charge is 2.13. The van der Waals surface area contributed by atoms with Crippen molar-refractivity contribution in [2.75, 3.05) is 0 Å². The van der Waals surface area contributed by atoms with Gasteiger partial charge in [-0.15, -0.1) is 11.3 Å². The van der Waals surface area contributed by atoms with E-state index in [0.717, 1.165) is 15.6 Å². The Morgan fingerprint density at radius 2 is 2.12 bits per heavy atom. The van der Waals surface area contributed by atoms with Crippen LogP contribution in [0, 0.1) is 12.7 Å². The molecular formula is C13H14FNOS. The molecule has 0 radical (unpaired) electrons. The van der Waals surface area contributed by atoms with E-state index in [1.807, 2.05) is 13.0 Å². The number of halogens is 1. The summed E-state index contributed by atoms with van der Waals surface area (Å²) in [6.07, 6.45) is -0.0351. The highest BCUT2D eigenvalue weighted by molar-refractivity contribution is 7.11. The zero-order valence-corrected chi connectivity index (χ0v) is 10.6. The van der Waals surface area contributed by atoms with Gasteiger partial charge >= 0.3 is 0 Å². The third-order valence-electron chi connectivity index (χ3n) is 2.56. The smallest absolute Gasteiger partial charge is 0.126 e. The molecule has 1 aromatic carbocycles. The van der Waals surface area contributed by atoms with Crippen molar-refractivity contribution in [1.29, 1.82) is 0 Å². The third kappa shape index (κ3) is 2.70. The molecule has 4 heteroatoms. The van der Waals surface area contributed by atoms with Gasteiger partial charge in [-0.3, -0.25) is 0 Å². The Hall–Kier alpha value is -1.26. The molecule has 0 aliphatic carbocycles. The molecule has 0 spiro atoms. The second kappa shape index (κ2) is 4.94. The molecule has 1 atom stereocenters. The minimum Gasteiger partial charge on any atom is -0.388 e. The van der Waals surface area contributed by atoms with Crippen LogP contribution in [0.4, 0.5) is 4.39 Å². The van der Waals surface area contributed by atoms with Crippen LogP contribution in [-0.4, -0.2) is 10.1 Å². The third-order valence-corrected chi connectivity index (χ3v) is 3.88. The van der Waals surface area contributed by atoms with E-state index < -0.39 is 6.10 Å². The first-order valence-corrected chi connectivity index (χ1v) is 6.27. The molecule has 0 fully saturated rings. The van der Waals surface area contributed by atoms with Gasteiger partial charge in [0, 0.05) is 6.42 Å².